The monoisotopic (exact) mass is 219 g/mol. The Morgan fingerprint density at radius 2 is 2.06 bits per heavy atom. The lowest BCUT2D eigenvalue weighted by atomic mass is 10.1. The van der Waals surface area contributed by atoms with Crippen LogP contribution in [0.2, 0.25) is 0 Å². The van der Waals surface area contributed by atoms with Crippen molar-refractivity contribution in [2.24, 2.45) is 0 Å². The smallest absolute Gasteiger partial charge is 0.256 e. The van der Waals surface area contributed by atoms with Crippen LogP contribution >= 0.6 is 0 Å². The van der Waals surface area contributed by atoms with Gasteiger partial charge in [-0.2, -0.15) is 0 Å². The molecule has 0 aromatic heterocycles. The van der Waals surface area contributed by atoms with Crippen LogP contribution in [0.25, 0.3) is 0 Å². The zero-order valence-electron chi connectivity index (χ0n) is 9.49. The molecule has 0 atom stereocenters. The molecule has 1 aliphatic rings. The number of hydrogen-bond acceptors (Lipinski definition) is 3. The van der Waals surface area contributed by atoms with E-state index in [1.165, 1.54) is 0 Å². The number of nitrogen functional groups attached to an aromatic ring is 1. The summed E-state index contributed by atoms with van der Waals surface area (Å²) >= 11 is 0. The van der Waals surface area contributed by atoms with Crippen LogP contribution in [0.15, 0.2) is 18.2 Å². The van der Waals surface area contributed by atoms with E-state index in [4.69, 9.17) is 5.73 Å². The highest BCUT2D eigenvalue weighted by Gasteiger charge is 2.21. The quantitative estimate of drug-likeness (QED) is 0.742. The first-order valence-corrected chi connectivity index (χ1v) is 5.59. The first-order valence-electron chi connectivity index (χ1n) is 5.59. The highest BCUT2D eigenvalue weighted by molar-refractivity contribution is 6.00. The highest BCUT2D eigenvalue weighted by Crippen LogP contribution is 2.22. The fraction of sp³-hybridized carbons (Fsp3) is 0.417. The Kier molecular flexibility index (Phi) is 2.99. The average molecular weight is 219 g/mol. The lowest BCUT2D eigenvalue weighted by molar-refractivity contribution is 0.0794. The number of hydrogen-bond donors (Lipinski definition) is 2. The maximum absolute atomic E-state index is 12.2. The van der Waals surface area contributed by atoms with Gasteiger partial charge >= 0.3 is 0 Å². The lowest BCUT2D eigenvalue weighted by Crippen LogP contribution is -2.28. The van der Waals surface area contributed by atoms with E-state index < -0.39 is 0 Å². The molecule has 0 aliphatic carbocycles. The molecule has 0 unspecified atom stereocenters. The minimum atomic E-state index is 0.0779. The van der Waals surface area contributed by atoms with Crippen LogP contribution in [0.3, 0.4) is 0 Å². The van der Waals surface area contributed by atoms with Gasteiger partial charge in [-0.3, -0.25) is 4.79 Å². The third-order valence-corrected chi connectivity index (χ3v) is 2.94. The van der Waals surface area contributed by atoms with Crippen LogP contribution in [0, 0.1) is 0 Å². The van der Waals surface area contributed by atoms with Crippen LogP contribution in [-0.4, -0.2) is 30.9 Å². The maximum atomic E-state index is 12.2. The summed E-state index contributed by atoms with van der Waals surface area (Å²) in [4.78, 5) is 14.1. The third-order valence-electron chi connectivity index (χ3n) is 2.94. The second-order valence-corrected chi connectivity index (χ2v) is 4.05. The first kappa shape index (κ1) is 10.8. The number of likely N-dealkylation sites (tertiary alicyclic amines) is 1. The Labute approximate surface area is 95.4 Å². The van der Waals surface area contributed by atoms with Crippen molar-refractivity contribution in [1.82, 2.24) is 4.90 Å². The molecule has 0 radical (unpaired) electrons. The van der Waals surface area contributed by atoms with Crippen LogP contribution in [0.1, 0.15) is 23.2 Å². The summed E-state index contributed by atoms with van der Waals surface area (Å²) in [6, 6.07) is 5.39. The van der Waals surface area contributed by atoms with Gasteiger partial charge in [0.05, 0.1) is 5.56 Å². The molecule has 1 fully saturated rings. The van der Waals surface area contributed by atoms with Crippen LogP contribution in [0.5, 0.6) is 0 Å². The van der Waals surface area contributed by atoms with Gasteiger partial charge in [0, 0.05) is 31.5 Å². The molecule has 1 saturated heterocycles. The van der Waals surface area contributed by atoms with Gasteiger partial charge in [0.1, 0.15) is 0 Å². The summed E-state index contributed by atoms with van der Waals surface area (Å²) in [5, 5.41) is 3.02. The molecule has 0 spiro atoms. The van der Waals surface area contributed by atoms with Crippen LogP contribution in [-0.2, 0) is 0 Å². The molecule has 0 saturated carbocycles. The van der Waals surface area contributed by atoms with Crippen molar-refractivity contribution in [3.8, 4) is 0 Å². The Balaban J connectivity index is 2.30. The molecule has 86 valence electrons. The van der Waals surface area contributed by atoms with Crippen molar-refractivity contribution >= 4 is 17.3 Å². The second-order valence-electron chi connectivity index (χ2n) is 4.05. The largest absolute Gasteiger partial charge is 0.399 e. The lowest BCUT2D eigenvalue weighted by Gasteiger charge is -2.17. The van der Waals surface area contributed by atoms with Crippen molar-refractivity contribution in [1.29, 1.82) is 0 Å². The molecule has 1 heterocycles. The molecule has 0 bridgehead atoms. The Morgan fingerprint density at radius 1 is 1.38 bits per heavy atom. The molecule has 2 rings (SSSR count). The highest BCUT2D eigenvalue weighted by atomic mass is 16.2. The van der Waals surface area contributed by atoms with E-state index in [1.54, 1.807) is 12.1 Å². The van der Waals surface area contributed by atoms with E-state index in [2.05, 4.69) is 5.32 Å². The summed E-state index contributed by atoms with van der Waals surface area (Å²) in [5.41, 5.74) is 7.86. The topological polar surface area (TPSA) is 58.4 Å². The van der Waals surface area contributed by atoms with Gasteiger partial charge in [0.15, 0.2) is 0 Å². The molecule has 1 amide bonds. The van der Waals surface area contributed by atoms with Gasteiger partial charge in [0.25, 0.3) is 5.91 Å². The van der Waals surface area contributed by atoms with E-state index in [-0.39, 0.29) is 5.91 Å². The molecule has 4 nitrogen and oxygen atoms in total. The van der Waals surface area contributed by atoms with Gasteiger partial charge in [0.2, 0.25) is 0 Å². The minimum absolute atomic E-state index is 0.0779. The number of carbonyl (C=O) groups is 1. The van der Waals surface area contributed by atoms with Gasteiger partial charge in [-0.15, -0.1) is 0 Å². The fourth-order valence-electron chi connectivity index (χ4n) is 2.05. The Hall–Kier alpha value is -1.71. The summed E-state index contributed by atoms with van der Waals surface area (Å²) in [6.07, 6.45) is 2.20. The van der Waals surface area contributed by atoms with Gasteiger partial charge < -0.3 is 16.0 Å². The van der Waals surface area contributed by atoms with Crippen molar-refractivity contribution in [2.45, 2.75) is 12.8 Å². The molecule has 1 aromatic rings. The van der Waals surface area contributed by atoms with Crippen LogP contribution < -0.4 is 11.1 Å². The SMILES string of the molecule is CNc1ccc(N)cc1C(=O)N1CCCC1. The Morgan fingerprint density at radius 3 is 2.69 bits per heavy atom. The molecular weight excluding hydrogens is 202 g/mol. The predicted molar refractivity (Wildman–Crippen MR) is 65.5 cm³/mol. The Bertz CT molecular complexity index is 397. The maximum Gasteiger partial charge on any atom is 0.256 e. The number of nitrogens with zero attached hydrogens (tertiary/aromatic N) is 1. The average Bonchev–Trinajstić information content (AvgIpc) is 2.81. The van der Waals surface area contributed by atoms with Gasteiger partial charge in [-0.25, -0.2) is 0 Å². The predicted octanol–water partition coefficient (Wildman–Crippen LogP) is 1.55. The number of amides is 1. The summed E-state index contributed by atoms with van der Waals surface area (Å²) < 4.78 is 0. The van der Waals surface area contributed by atoms with E-state index in [0.717, 1.165) is 31.6 Å². The van der Waals surface area contributed by atoms with E-state index in [9.17, 15) is 4.79 Å². The van der Waals surface area contributed by atoms with Crippen LogP contribution in [0.4, 0.5) is 11.4 Å². The van der Waals surface area contributed by atoms with E-state index >= 15 is 0 Å². The van der Waals surface area contributed by atoms with E-state index in [1.807, 2.05) is 18.0 Å². The summed E-state index contributed by atoms with van der Waals surface area (Å²) in [6.45, 7) is 1.72. The second kappa shape index (κ2) is 4.43. The molecule has 16 heavy (non-hydrogen) atoms. The molecule has 1 aromatic carbocycles. The standard InChI is InChI=1S/C12H17N3O/c1-14-11-5-4-9(13)8-10(11)12(16)15-6-2-3-7-15/h4-5,8,14H,2-3,6-7,13H2,1H3. The number of carbonyl (C=O) groups excluding carboxylic acids is 1. The number of rotatable bonds is 2. The normalized spacial score (nSPS) is 15.2. The number of benzene rings is 1. The molecule has 1 aliphatic heterocycles. The molecular formula is C12H17N3O. The van der Waals surface area contributed by atoms with E-state index in [0.29, 0.717) is 11.3 Å². The molecule has 4 heteroatoms. The van der Waals surface area contributed by atoms with Gasteiger partial charge in [-0.1, -0.05) is 0 Å². The zero-order valence-corrected chi connectivity index (χ0v) is 9.49. The zero-order chi connectivity index (χ0) is 11.5. The third kappa shape index (κ3) is 1.96. The van der Waals surface area contributed by atoms with Crippen molar-refractivity contribution in [2.75, 3.05) is 31.2 Å². The first-order chi connectivity index (χ1) is 7.72. The number of anilines is 2. The number of nitrogens with two attached hydrogens (primary N) is 1. The summed E-state index contributed by atoms with van der Waals surface area (Å²) in [5.74, 6) is 0.0779. The minimum Gasteiger partial charge on any atom is -0.399 e. The fourth-order valence-corrected chi connectivity index (χ4v) is 2.05. The van der Waals surface area contributed by atoms with Gasteiger partial charge in [-0.05, 0) is 31.0 Å². The number of nitrogens with one attached hydrogen (secondary N) is 1. The molecule has 3 N–H and O–H groups in total. The van der Waals surface area contributed by atoms with Crippen molar-refractivity contribution in [3.63, 3.8) is 0 Å². The van der Waals surface area contributed by atoms with Crippen molar-refractivity contribution < 1.29 is 4.79 Å². The summed E-state index contributed by atoms with van der Waals surface area (Å²) in [7, 11) is 1.81. The van der Waals surface area contributed by atoms with Crippen molar-refractivity contribution in [3.05, 3.63) is 23.8 Å².